The molecular weight excluding hydrogens is 398 g/mol. The highest BCUT2D eigenvalue weighted by Crippen LogP contribution is 2.32. The van der Waals surface area contributed by atoms with Gasteiger partial charge in [-0.15, -0.1) is 0 Å². The van der Waals surface area contributed by atoms with Gasteiger partial charge in [-0.1, -0.05) is 29.8 Å². The van der Waals surface area contributed by atoms with Crippen molar-refractivity contribution in [2.75, 3.05) is 19.9 Å². The normalized spacial score (nSPS) is 13.3. The summed E-state index contributed by atoms with van der Waals surface area (Å²) in [5.41, 5.74) is 3.85. The Bertz CT molecular complexity index is 957. The van der Waals surface area contributed by atoms with Crippen LogP contribution in [0, 0.1) is 0 Å². The molecule has 30 heavy (non-hydrogen) atoms. The smallest absolute Gasteiger partial charge is 0.231 e. The van der Waals surface area contributed by atoms with E-state index in [1.807, 2.05) is 25.1 Å². The number of quaternary nitrogens is 1. The molecule has 1 N–H and O–H groups in total. The fraction of sp³-hybridized carbons (Fsp3) is 0.280. The maximum Gasteiger partial charge on any atom is 0.231 e. The number of halogens is 1. The molecule has 3 aromatic carbocycles. The Hall–Kier alpha value is -2.69. The zero-order valence-electron chi connectivity index (χ0n) is 17.2. The van der Waals surface area contributed by atoms with E-state index in [2.05, 4.69) is 48.5 Å². The molecule has 3 aromatic rings. The van der Waals surface area contributed by atoms with Gasteiger partial charge in [-0.2, -0.15) is 0 Å². The van der Waals surface area contributed by atoms with Crippen LogP contribution in [0.3, 0.4) is 0 Å². The predicted octanol–water partition coefficient (Wildman–Crippen LogP) is 4.30. The van der Waals surface area contributed by atoms with Crippen LogP contribution in [0.25, 0.3) is 0 Å². The summed E-state index contributed by atoms with van der Waals surface area (Å²) < 4.78 is 16.5. The third-order valence-electron chi connectivity index (χ3n) is 5.26. The Morgan fingerprint density at radius 2 is 1.47 bits per heavy atom. The minimum Gasteiger partial charge on any atom is -0.494 e. The van der Waals surface area contributed by atoms with Crippen LogP contribution in [0.15, 0.2) is 66.7 Å². The number of benzene rings is 3. The summed E-state index contributed by atoms with van der Waals surface area (Å²) in [6, 6.07) is 22.8. The van der Waals surface area contributed by atoms with Crippen molar-refractivity contribution in [3.63, 3.8) is 0 Å². The molecule has 5 heteroatoms. The fourth-order valence-corrected chi connectivity index (χ4v) is 3.83. The van der Waals surface area contributed by atoms with Crippen molar-refractivity contribution in [1.82, 2.24) is 0 Å². The first-order chi connectivity index (χ1) is 14.7. The summed E-state index contributed by atoms with van der Waals surface area (Å²) in [4.78, 5) is 1.49. The molecule has 0 radical (unpaired) electrons. The molecule has 1 unspecified atom stereocenters. The molecule has 1 heterocycles. The monoisotopic (exact) mass is 424 g/mol. The molecular formula is C25H27ClNO3+. The lowest BCUT2D eigenvalue weighted by molar-refractivity contribution is -0.927. The molecule has 0 amide bonds. The highest BCUT2D eigenvalue weighted by molar-refractivity contribution is 6.30. The Labute approximate surface area is 182 Å². The van der Waals surface area contributed by atoms with Crippen molar-refractivity contribution in [3.05, 3.63) is 88.4 Å². The van der Waals surface area contributed by atoms with Gasteiger partial charge in [-0.3, -0.25) is 0 Å². The van der Waals surface area contributed by atoms with Gasteiger partial charge >= 0.3 is 0 Å². The predicted molar refractivity (Wildman–Crippen MR) is 119 cm³/mol. The average molecular weight is 425 g/mol. The molecule has 156 valence electrons. The number of hydrogen-bond donors (Lipinski definition) is 1. The maximum atomic E-state index is 6.07. The summed E-state index contributed by atoms with van der Waals surface area (Å²) >= 11 is 6.07. The Morgan fingerprint density at radius 3 is 2.17 bits per heavy atom. The van der Waals surface area contributed by atoms with Gasteiger partial charge in [0, 0.05) is 22.6 Å². The van der Waals surface area contributed by atoms with Crippen LogP contribution in [-0.4, -0.2) is 19.9 Å². The van der Waals surface area contributed by atoms with Crippen molar-refractivity contribution in [2.24, 2.45) is 0 Å². The van der Waals surface area contributed by atoms with Crippen LogP contribution in [0.2, 0.25) is 5.02 Å². The third kappa shape index (κ3) is 5.47. The molecule has 0 aliphatic carbocycles. The van der Waals surface area contributed by atoms with Crippen LogP contribution in [-0.2, 0) is 19.5 Å². The summed E-state index contributed by atoms with van der Waals surface area (Å²) in [5.74, 6) is 2.60. The van der Waals surface area contributed by atoms with Gasteiger partial charge < -0.3 is 19.1 Å². The molecule has 1 aliphatic heterocycles. The van der Waals surface area contributed by atoms with E-state index in [4.69, 9.17) is 25.8 Å². The fourth-order valence-electron chi connectivity index (χ4n) is 3.71. The first kappa shape index (κ1) is 20.6. The zero-order chi connectivity index (χ0) is 20.8. The van der Waals surface area contributed by atoms with Gasteiger partial charge in [-0.05, 0) is 61.0 Å². The van der Waals surface area contributed by atoms with Crippen molar-refractivity contribution < 1.29 is 19.1 Å². The summed E-state index contributed by atoms with van der Waals surface area (Å²) in [6.07, 6.45) is 0.969. The van der Waals surface area contributed by atoms with Crippen molar-refractivity contribution >= 4 is 11.6 Å². The van der Waals surface area contributed by atoms with Gasteiger partial charge in [0.05, 0.1) is 13.2 Å². The molecule has 4 rings (SSSR count). The maximum absolute atomic E-state index is 6.07. The van der Waals surface area contributed by atoms with E-state index in [0.717, 1.165) is 48.3 Å². The molecule has 1 aliphatic rings. The average Bonchev–Trinajstić information content (AvgIpc) is 3.23. The second kappa shape index (κ2) is 9.88. The molecule has 4 nitrogen and oxygen atoms in total. The van der Waals surface area contributed by atoms with E-state index in [-0.39, 0.29) is 0 Å². The van der Waals surface area contributed by atoms with Crippen LogP contribution in [0.5, 0.6) is 17.2 Å². The summed E-state index contributed by atoms with van der Waals surface area (Å²) in [7, 11) is 0. The number of nitrogens with one attached hydrogen (secondary N) is 1. The number of rotatable bonds is 9. The molecule has 0 saturated carbocycles. The zero-order valence-corrected chi connectivity index (χ0v) is 18.0. The highest BCUT2D eigenvalue weighted by atomic mass is 35.5. The molecule has 0 bridgehead atoms. The number of fused-ring (bicyclic) bond motifs is 1. The van der Waals surface area contributed by atoms with E-state index in [1.54, 1.807) is 0 Å². The van der Waals surface area contributed by atoms with Crippen molar-refractivity contribution in [3.8, 4) is 17.2 Å². The van der Waals surface area contributed by atoms with Crippen molar-refractivity contribution in [2.45, 2.75) is 26.4 Å². The Balaban J connectivity index is 1.45. The van der Waals surface area contributed by atoms with E-state index in [0.29, 0.717) is 13.4 Å². The number of ether oxygens (including phenoxy) is 3. The molecule has 0 fully saturated rings. The lowest BCUT2D eigenvalue weighted by atomic mass is 10.1. The lowest BCUT2D eigenvalue weighted by Crippen LogP contribution is -3.09. The largest absolute Gasteiger partial charge is 0.494 e. The highest BCUT2D eigenvalue weighted by Gasteiger charge is 2.16. The minimum atomic E-state index is 0.310. The van der Waals surface area contributed by atoms with Crippen LogP contribution < -0.4 is 19.1 Å². The first-order valence-corrected chi connectivity index (χ1v) is 10.8. The van der Waals surface area contributed by atoms with E-state index in [1.165, 1.54) is 21.6 Å². The van der Waals surface area contributed by atoms with Gasteiger partial charge in [0.1, 0.15) is 18.8 Å². The van der Waals surface area contributed by atoms with Crippen molar-refractivity contribution in [1.29, 1.82) is 0 Å². The molecule has 0 saturated heterocycles. The summed E-state index contributed by atoms with van der Waals surface area (Å²) in [5, 5.41) is 0.771. The van der Waals surface area contributed by atoms with Crippen LogP contribution in [0.1, 0.15) is 23.6 Å². The topological polar surface area (TPSA) is 32.1 Å². The van der Waals surface area contributed by atoms with Gasteiger partial charge in [-0.25, -0.2) is 0 Å². The molecule has 0 aromatic heterocycles. The standard InChI is InChI=1S/C25H26ClNO3/c1-2-28-23-10-5-21(6-11-23)17-27(16-20-3-8-22(26)9-4-20)14-13-19-7-12-24-25(15-19)30-18-29-24/h3-12,15H,2,13-14,16-18H2,1H3/p+1. The molecule has 0 spiro atoms. The van der Waals surface area contributed by atoms with Gasteiger partial charge in [0.2, 0.25) is 6.79 Å². The van der Waals surface area contributed by atoms with Crippen LogP contribution >= 0.6 is 11.6 Å². The number of hydrogen-bond acceptors (Lipinski definition) is 3. The second-order valence-corrected chi connectivity index (χ2v) is 7.93. The van der Waals surface area contributed by atoms with Gasteiger partial charge in [0.25, 0.3) is 0 Å². The SMILES string of the molecule is CCOc1ccc(C[NH+](CCc2ccc3c(c2)OCO3)Cc2ccc(Cl)cc2)cc1. The van der Waals surface area contributed by atoms with E-state index in [9.17, 15) is 0 Å². The molecule has 1 atom stereocenters. The van der Waals surface area contributed by atoms with E-state index >= 15 is 0 Å². The van der Waals surface area contributed by atoms with Gasteiger partial charge in [0.15, 0.2) is 11.5 Å². The quantitative estimate of drug-likeness (QED) is 0.556. The minimum absolute atomic E-state index is 0.310. The second-order valence-electron chi connectivity index (χ2n) is 7.49. The lowest BCUT2D eigenvalue weighted by Gasteiger charge is -2.20. The van der Waals surface area contributed by atoms with E-state index < -0.39 is 0 Å². The first-order valence-electron chi connectivity index (χ1n) is 10.4. The van der Waals surface area contributed by atoms with Crippen LogP contribution in [0.4, 0.5) is 0 Å². The summed E-state index contributed by atoms with van der Waals surface area (Å²) in [6.45, 7) is 5.89. The Kier molecular flexibility index (Phi) is 6.77. The Morgan fingerprint density at radius 1 is 0.833 bits per heavy atom. The third-order valence-corrected chi connectivity index (χ3v) is 5.51.